The lowest BCUT2D eigenvalue weighted by atomic mass is 9.99. The fraction of sp³-hybridized carbons (Fsp3) is 0.267. The van der Waals surface area contributed by atoms with Crippen LogP contribution >= 0.6 is 0 Å². The maximum Gasteiger partial charge on any atom is 0.416 e. The van der Waals surface area contributed by atoms with Crippen LogP contribution < -0.4 is 5.32 Å². The summed E-state index contributed by atoms with van der Waals surface area (Å²) in [7, 11) is 1.58. The van der Waals surface area contributed by atoms with Gasteiger partial charge in [0.25, 0.3) is 0 Å². The highest BCUT2D eigenvalue weighted by Gasteiger charge is 2.32. The molecule has 2 rings (SSSR count). The summed E-state index contributed by atoms with van der Waals surface area (Å²) < 4.78 is 52.1. The first-order chi connectivity index (χ1) is 9.91. The molecule has 2 aromatic rings. The predicted molar refractivity (Wildman–Crippen MR) is 71.1 cm³/mol. The average Bonchev–Trinajstić information content (AvgIpc) is 2.45. The Bertz CT molecular complexity index is 596. The molecule has 1 unspecified atom stereocenters. The Kier molecular flexibility index (Phi) is 4.57. The molecule has 112 valence electrons. The highest BCUT2D eigenvalue weighted by Crippen LogP contribution is 2.32. The van der Waals surface area contributed by atoms with Crippen molar-refractivity contribution >= 4 is 0 Å². The molecule has 0 saturated carbocycles. The number of halogens is 4. The smallest absolute Gasteiger partial charge is 0.313 e. The third-order valence-electron chi connectivity index (χ3n) is 3.19. The van der Waals surface area contributed by atoms with Crippen molar-refractivity contribution in [2.24, 2.45) is 0 Å². The Hall–Kier alpha value is -1.95. The Labute approximate surface area is 119 Å². The van der Waals surface area contributed by atoms with Crippen LogP contribution in [0.1, 0.15) is 22.9 Å². The second-order valence-corrected chi connectivity index (χ2v) is 4.60. The van der Waals surface area contributed by atoms with Crippen LogP contribution in [-0.2, 0) is 12.6 Å². The molecule has 0 aliphatic heterocycles. The van der Waals surface area contributed by atoms with Gasteiger partial charge in [0, 0.05) is 29.9 Å². The summed E-state index contributed by atoms with van der Waals surface area (Å²) >= 11 is 0. The van der Waals surface area contributed by atoms with E-state index in [0.717, 1.165) is 18.2 Å². The van der Waals surface area contributed by atoms with Crippen LogP contribution in [0, 0.1) is 5.82 Å². The maximum atomic E-state index is 13.9. The van der Waals surface area contributed by atoms with E-state index >= 15 is 0 Å². The highest BCUT2D eigenvalue weighted by molar-refractivity contribution is 5.30. The average molecular weight is 298 g/mol. The van der Waals surface area contributed by atoms with Crippen LogP contribution in [0.25, 0.3) is 0 Å². The van der Waals surface area contributed by atoms with E-state index in [1.165, 1.54) is 0 Å². The molecule has 0 aliphatic carbocycles. The molecule has 1 atom stereocenters. The number of hydrogen-bond donors (Lipinski definition) is 1. The van der Waals surface area contributed by atoms with Crippen molar-refractivity contribution in [3.8, 4) is 0 Å². The number of nitrogens with zero attached hydrogens (tertiary/aromatic N) is 1. The molecular weight excluding hydrogens is 284 g/mol. The van der Waals surface area contributed by atoms with E-state index in [9.17, 15) is 17.6 Å². The van der Waals surface area contributed by atoms with Gasteiger partial charge in [0.1, 0.15) is 5.82 Å². The lowest BCUT2D eigenvalue weighted by molar-refractivity contribution is -0.137. The lowest BCUT2D eigenvalue weighted by Gasteiger charge is -2.18. The Morgan fingerprint density at radius 2 is 1.95 bits per heavy atom. The predicted octanol–water partition coefficient (Wildman–Crippen LogP) is 3.74. The third-order valence-corrected chi connectivity index (χ3v) is 3.19. The Balaban J connectivity index is 2.33. The molecule has 1 heterocycles. The minimum Gasteiger partial charge on any atom is -0.313 e. The Morgan fingerprint density at radius 1 is 1.19 bits per heavy atom. The van der Waals surface area contributed by atoms with Crippen molar-refractivity contribution in [2.45, 2.75) is 18.6 Å². The third kappa shape index (κ3) is 3.78. The molecule has 21 heavy (non-hydrogen) atoms. The fourth-order valence-electron chi connectivity index (χ4n) is 2.08. The molecular formula is C15H14F4N2. The molecule has 0 saturated heterocycles. The molecule has 0 bridgehead atoms. The lowest BCUT2D eigenvalue weighted by Crippen LogP contribution is -2.21. The van der Waals surface area contributed by atoms with Gasteiger partial charge in [0.05, 0.1) is 5.56 Å². The summed E-state index contributed by atoms with van der Waals surface area (Å²) in [6.07, 6.45) is -2.61. The van der Waals surface area contributed by atoms with E-state index in [0.29, 0.717) is 12.1 Å². The number of alkyl halides is 3. The van der Waals surface area contributed by atoms with E-state index in [1.54, 1.807) is 31.4 Å². The van der Waals surface area contributed by atoms with Crippen LogP contribution in [0.15, 0.2) is 42.6 Å². The minimum atomic E-state index is -4.49. The van der Waals surface area contributed by atoms with Gasteiger partial charge >= 0.3 is 6.18 Å². The zero-order valence-electron chi connectivity index (χ0n) is 11.3. The van der Waals surface area contributed by atoms with E-state index in [1.807, 2.05) is 0 Å². The topological polar surface area (TPSA) is 24.9 Å². The van der Waals surface area contributed by atoms with Crippen molar-refractivity contribution in [1.82, 2.24) is 10.3 Å². The quantitative estimate of drug-likeness (QED) is 0.870. The maximum absolute atomic E-state index is 13.9. The van der Waals surface area contributed by atoms with Crippen molar-refractivity contribution in [3.63, 3.8) is 0 Å². The summed E-state index contributed by atoms with van der Waals surface area (Å²) in [5, 5.41) is 2.84. The van der Waals surface area contributed by atoms with Gasteiger partial charge in [-0.15, -0.1) is 0 Å². The number of rotatable bonds is 4. The van der Waals surface area contributed by atoms with Gasteiger partial charge in [0.2, 0.25) is 0 Å². The molecule has 1 aromatic carbocycles. The van der Waals surface area contributed by atoms with Gasteiger partial charge in [-0.2, -0.15) is 13.2 Å². The first kappa shape index (κ1) is 15.4. The Morgan fingerprint density at radius 3 is 2.52 bits per heavy atom. The molecule has 6 heteroatoms. The SMILES string of the molecule is CNC(Cc1ccccn1)c1cc(C(F)(F)F)ccc1F. The number of aromatic nitrogens is 1. The van der Waals surface area contributed by atoms with Crippen LogP contribution in [-0.4, -0.2) is 12.0 Å². The van der Waals surface area contributed by atoms with E-state index in [4.69, 9.17) is 0 Å². The largest absolute Gasteiger partial charge is 0.416 e. The van der Waals surface area contributed by atoms with Crippen LogP contribution in [0.4, 0.5) is 17.6 Å². The minimum absolute atomic E-state index is 0.0158. The standard InChI is InChI=1S/C15H14F4N2/c1-20-14(9-11-4-2-3-7-21-11)12-8-10(15(17,18)19)5-6-13(12)16/h2-8,14,20H,9H2,1H3. The van der Waals surface area contributed by atoms with Crippen molar-refractivity contribution < 1.29 is 17.6 Å². The van der Waals surface area contributed by atoms with Crippen LogP contribution in [0.3, 0.4) is 0 Å². The number of hydrogen-bond acceptors (Lipinski definition) is 2. The van der Waals surface area contributed by atoms with Crippen LogP contribution in [0.5, 0.6) is 0 Å². The van der Waals surface area contributed by atoms with Gasteiger partial charge in [-0.1, -0.05) is 6.07 Å². The monoisotopic (exact) mass is 298 g/mol. The molecule has 2 nitrogen and oxygen atoms in total. The summed E-state index contributed by atoms with van der Waals surface area (Å²) in [4.78, 5) is 4.11. The summed E-state index contributed by atoms with van der Waals surface area (Å²) in [6.45, 7) is 0. The summed E-state index contributed by atoms with van der Waals surface area (Å²) in [5.74, 6) is -0.668. The van der Waals surface area contributed by atoms with Gasteiger partial charge in [-0.25, -0.2) is 4.39 Å². The van der Waals surface area contributed by atoms with Crippen molar-refractivity contribution in [2.75, 3.05) is 7.05 Å². The van der Waals surface area contributed by atoms with E-state index in [2.05, 4.69) is 10.3 Å². The van der Waals surface area contributed by atoms with E-state index < -0.39 is 23.6 Å². The normalized spacial score (nSPS) is 13.2. The number of pyridine rings is 1. The van der Waals surface area contributed by atoms with Crippen molar-refractivity contribution in [1.29, 1.82) is 0 Å². The van der Waals surface area contributed by atoms with Gasteiger partial charge in [0.15, 0.2) is 0 Å². The first-order valence-electron chi connectivity index (χ1n) is 6.35. The van der Waals surface area contributed by atoms with Gasteiger partial charge in [-0.05, 0) is 37.4 Å². The molecule has 0 spiro atoms. The number of nitrogens with one attached hydrogen (secondary N) is 1. The molecule has 0 radical (unpaired) electrons. The zero-order valence-corrected chi connectivity index (χ0v) is 11.3. The molecule has 1 aromatic heterocycles. The first-order valence-corrected chi connectivity index (χ1v) is 6.35. The second-order valence-electron chi connectivity index (χ2n) is 4.60. The zero-order chi connectivity index (χ0) is 15.5. The highest BCUT2D eigenvalue weighted by atomic mass is 19.4. The molecule has 1 N–H and O–H groups in total. The van der Waals surface area contributed by atoms with Crippen LogP contribution in [0.2, 0.25) is 0 Å². The van der Waals surface area contributed by atoms with Gasteiger partial charge < -0.3 is 5.32 Å². The van der Waals surface area contributed by atoms with Crippen molar-refractivity contribution in [3.05, 3.63) is 65.2 Å². The number of likely N-dealkylation sites (N-methyl/N-ethyl adjacent to an activating group) is 1. The molecule has 0 aliphatic rings. The van der Waals surface area contributed by atoms with E-state index in [-0.39, 0.29) is 5.56 Å². The number of benzene rings is 1. The summed E-state index contributed by atoms with van der Waals surface area (Å²) in [5.41, 5.74) is -0.202. The summed E-state index contributed by atoms with van der Waals surface area (Å²) in [6, 6.07) is 7.12. The fourth-order valence-corrected chi connectivity index (χ4v) is 2.08. The molecule has 0 amide bonds. The second kappa shape index (κ2) is 6.22. The van der Waals surface area contributed by atoms with Gasteiger partial charge in [-0.3, -0.25) is 4.98 Å². The molecule has 0 fully saturated rings.